The molecular formula is C47H61N7O11. The Hall–Kier alpha value is -6.98. The molecule has 0 saturated carbocycles. The number of carboxylic acid groups (broad SMARTS) is 1. The number of aromatic hydroxyl groups is 1. The number of urea groups is 1. The number of phenols is 1. The number of aryl methyl sites for hydroxylation is 2. The summed E-state index contributed by atoms with van der Waals surface area (Å²) in [6, 6.07) is 15.6. The summed E-state index contributed by atoms with van der Waals surface area (Å²) in [6.07, 6.45) is 1.20. The van der Waals surface area contributed by atoms with Crippen molar-refractivity contribution in [1.82, 2.24) is 36.8 Å². The van der Waals surface area contributed by atoms with Crippen LogP contribution in [0.3, 0.4) is 0 Å². The highest BCUT2D eigenvalue weighted by Crippen LogP contribution is 2.17. The van der Waals surface area contributed by atoms with Crippen molar-refractivity contribution in [3.05, 3.63) is 102 Å². The van der Waals surface area contributed by atoms with Gasteiger partial charge in [-0.3, -0.25) is 28.8 Å². The molecule has 18 heteroatoms. The van der Waals surface area contributed by atoms with Crippen LogP contribution in [0, 0.1) is 5.92 Å². The van der Waals surface area contributed by atoms with Gasteiger partial charge in [-0.1, -0.05) is 86.6 Å². The Bertz CT molecular complexity index is 2090. The fourth-order valence-electron chi connectivity index (χ4n) is 7.27. The summed E-state index contributed by atoms with van der Waals surface area (Å²) in [5, 5.41) is 35.7. The molecule has 0 aliphatic carbocycles. The molecule has 3 aromatic carbocycles. The summed E-state index contributed by atoms with van der Waals surface area (Å²) in [4.78, 5) is 109. The van der Waals surface area contributed by atoms with Gasteiger partial charge >= 0.3 is 18.0 Å². The molecule has 0 spiro atoms. The summed E-state index contributed by atoms with van der Waals surface area (Å²) in [6.45, 7) is 4.05. The predicted molar refractivity (Wildman–Crippen MR) is 239 cm³/mol. The lowest BCUT2D eigenvalue weighted by molar-refractivity contribution is -0.146. The van der Waals surface area contributed by atoms with Crippen molar-refractivity contribution in [2.24, 2.45) is 5.92 Å². The van der Waals surface area contributed by atoms with Crippen LogP contribution in [-0.4, -0.2) is 119 Å². The average molecular weight is 900 g/mol. The van der Waals surface area contributed by atoms with Crippen LogP contribution in [-0.2, 0) is 57.6 Å². The molecule has 1 heterocycles. The first-order valence-corrected chi connectivity index (χ1v) is 21.8. The van der Waals surface area contributed by atoms with Gasteiger partial charge in [0.2, 0.25) is 29.5 Å². The third-order valence-electron chi connectivity index (χ3n) is 11.0. The van der Waals surface area contributed by atoms with E-state index in [0.717, 1.165) is 18.1 Å². The Morgan fingerprint density at radius 1 is 0.754 bits per heavy atom. The van der Waals surface area contributed by atoms with E-state index in [0.29, 0.717) is 12.0 Å². The van der Waals surface area contributed by atoms with Crippen LogP contribution in [0.5, 0.6) is 5.75 Å². The molecule has 3 aromatic rings. The molecule has 18 nitrogen and oxygen atoms in total. The van der Waals surface area contributed by atoms with Crippen LogP contribution in [0.4, 0.5) is 4.79 Å². The molecule has 0 aromatic heterocycles. The Balaban J connectivity index is 1.69. The Kier molecular flexibility index (Phi) is 19.8. The number of hydrogen-bond acceptors (Lipinski definition) is 10. The number of nitrogens with zero attached hydrogens (tertiary/aromatic N) is 1. The number of ether oxygens (including phenoxy) is 1. The van der Waals surface area contributed by atoms with E-state index in [9.17, 15) is 48.6 Å². The van der Waals surface area contributed by atoms with E-state index in [1.54, 1.807) is 56.3 Å². The number of benzene rings is 3. The van der Waals surface area contributed by atoms with Crippen molar-refractivity contribution < 1.29 is 53.3 Å². The molecule has 0 radical (unpaired) electrons. The number of carbonyl (C=O) groups excluding carboxylic acids is 7. The fraction of sp³-hybridized carbons (Fsp3) is 0.447. The third-order valence-corrected chi connectivity index (χ3v) is 11.0. The van der Waals surface area contributed by atoms with Crippen molar-refractivity contribution in [2.45, 2.75) is 108 Å². The van der Waals surface area contributed by atoms with Crippen molar-refractivity contribution in [2.75, 3.05) is 20.2 Å². The van der Waals surface area contributed by atoms with Gasteiger partial charge in [-0.25, -0.2) is 9.59 Å². The smallest absolute Gasteiger partial charge is 0.326 e. The van der Waals surface area contributed by atoms with Crippen LogP contribution in [0.25, 0.3) is 0 Å². The van der Waals surface area contributed by atoms with E-state index in [1.807, 2.05) is 30.3 Å². The number of amides is 7. The molecule has 7 amide bonds. The van der Waals surface area contributed by atoms with Crippen LogP contribution in [0.1, 0.15) is 69.6 Å². The Morgan fingerprint density at radius 3 is 1.97 bits per heavy atom. The van der Waals surface area contributed by atoms with Crippen LogP contribution in [0.2, 0.25) is 0 Å². The number of hydrogen-bond donors (Lipinski definition) is 8. The highest BCUT2D eigenvalue weighted by Gasteiger charge is 2.37. The van der Waals surface area contributed by atoms with E-state index in [1.165, 1.54) is 24.1 Å². The monoisotopic (exact) mass is 899 g/mol. The zero-order valence-corrected chi connectivity index (χ0v) is 37.2. The minimum Gasteiger partial charge on any atom is -0.508 e. The van der Waals surface area contributed by atoms with E-state index in [-0.39, 0.29) is 57.2 Å². The normalized spacial score (nSPS) is 21.0. The van der Waals surface area contributed by atoms with Gasteiger partial charge in [0.25, 0.3) is 0 Å². The van der Waals surface area contributed by atoms with E-state index >= 15 is 0 Å². The number of carbonyl (C=O) groups is 8. The number of likely N-dealkylation sites (N-methyl/N-ethyl adjacent to an activating group) is 1. The van der Waals surface area contributed by atoms with Gasteiger partial charge in [0.15, 0.2) is 0 Å². The summed E-state index contributed by atoms with van der Waals surface area (Å²) in [5.74, 6) is -6.01. The van der Waals surface area contributed by atoms with Gasteiger partial charge in [-0.15, -0.1) is 0 Å². The van der Waals surface area contributed by atoms with Crippen molar-refractivity contribution in [3.63, 3.8) is 0 Å². The Morgan fingerprint density at radius 2 is 1.35 bits per heavy atom. The van der Waals surface area contributed by atoms with Gasteiger partial charge < -0.3 is 51.8 Å². The molecule has 1 saturated heterocycles. The topological polar surface area (TPSA) is 262 Å². The van der Waals surface area contributed by atoms with Crippen molar-refractivity contribution in [1.29, 1.82) is 0 Å². The van der Waals surface area contributed by atoms with Gasteiger partial charge in [0, 0.05) is 26.9 Å². The average Bonchev–Trinajstić information content (AvgIpc) is 3.27. The highest BCUT2D eigenvalue weighted by molar-refractivity contribution is 5.96. The summed E-state index contributed by atoms with van der Waals surface area (Å²) < 4.78 is 5.15. The second-order valence-corrected chi connectivity index (χ2v) is 16.4. The molecule has 1 aliphatic rings. The zero-order chi connectivity index (χ0) is 47.5. The number of aliphatic carboxylic acids is 1. The molecule has 1 aliphatic heterocycles. The summed E-state index contributed by atoms with van der Waals surface area (Å²) in [5.41, 5.74) is 2.26. The quantitative estimate of drug-likeness (QED) is 0.109. The first-order chi connectivity index (χ1) is 31.0. The van der Waals surface area contributed by atoms with Crippen molar-refractivity contribution in [3.8, 4) is 5.75 Å². The molecule has 1 fully saturated rings. The van der Waals surface area contributed by atoms with E-state index in [2.05, 4.69) is 31.9 Å². The van der Waals surface area contributed by atoms with Gasteiger partial charge in [-0.05, 0) is 79.7 Å². The minimum atomic E-state index is -1.38. The standard InChI is InChI=1S/C47H61N7O11/c1-29(2)40-44(60)49-36(24-20-31-13-7-5-8-14-31)45(61)54(4)39(25-21-32-18-22-34(56)23-19-32)43(59)50-38(28-65-30(3)55)41(57)48-26-12-11-17-35(42(58)53-40)51-47(64)52-37(46(62)63)27-33-15-9-6-10-16-33/h5-10,13-16,18-19,22-23,29,35-40,56H,11-12,17,20-21,24-28H2,1-4H3,(H,48,57)(H,49,60)(H,50,59)(H,53,58)(H,62,63)(H2,51,52,64)/t35?,36?,37-,38-,39-,40?/m0/s1. The molecule has 4 rings (SSSR count). The molecular weight excluding hydrogens is 839 g/mol. The van der Waals surface area contributed by atoms with Crippen LogP contribution < -0.4 is 31.9 Å². The number of rotatable bonds is 14. The molecule has 65 heavy (non-hydrogen) atoms. The largest absolute Gasteiger partial charge is 0.508 e. The lowest BCUT2D eigenvalue weighted by Crippen LogP contribution is -2.61. The van der Waals surface area contributed by atoms with E-state index < -0.39 is 96.3 Å². The van der Waals surface area contributed by atoms with Crippen LogP contribution >= 0.6 is 0 Å². The summed E-state index contributed by atoms with van der Waals surface area (Å²) in [7, 11) is 1.41. The number of esters is 1. The molecule has 3 unspecified atom stereocenters. The van der Waals surface area contributed by atoms with E-state index in [4.69, 9.17) is 4.74 Å². The second-order valence-electron chi connectivity index (χ2n) is 16.4. The highest BCUT2D eigenvalue weighted by atomic mass is 16.5. The first kappa shape index (κ1) is 50.7. The van der Waals surface area contributed by atoms with Crippen LogP contribution in [0.15, 0.2) is 84.9 Å². The van der Waals surface area contributed by atoms with Gasteiger partial charge in [-0.2, -0.15) is 0 Å². The first-order valence-electron chi connectivity index (χ1n) is 21.8. The third kappa shape index (κ3) is 16.6. The maximum atomic E-state index is 14.7. The fourth-order valence-corrected chi connectivity index (χ4v) is 7.27. The summed E-state index contributed by atoms with van der Waals surface area (Å²) >= 11 is 0. The molecule has 350 valence electrons. The number of nitrogens with one attached hydrogen (secondary N) is 6. The zero-order valence-electron chi connectivity index (χ0n) is 37.2. The van der Waals surface area contributed by atoms with Gasteiger partial charge in [0.1, 0.15) is 48.6 Å². The second kappa shape index (κ2) is 25.3. The molecule has 8 N–H and O–H groups in total. The maximum absolute atomic E-state index is 14.7. The van der Waals surface area contributed by atoms with Crippen molar-refractivity contribution >= 4 is 47.5 Å². The van der Waals surface area contributed by atoms with Gasteiger partial charge in [0.05, 0.1) is 0 Å². The Labute approximate surface area is 378 Å². The lowest BCUT2D eigenvalue weighted by atomic mass is 9.98. The lowest BCUT2D eigenvalue weighted by Gasteiger charge is -2.33. The number of carboxylic acids is 1. The predicted octanol–water partition coefficient (Wildman–Crippen LogP) is 2.12. The molecule has 6 atom stereocenters. The number of phenolic OH excluding ortho intramolecular Hbond substituents is 1. The maximum Gasteiger partial charge on any atom is 0.326 e. The SMILES string of the molecule is CC(=O)OC[C@@H]1NC(=O)[C@H](CCc2ccc(O)cc2)N(C)C(=O)C(CCc2ccccc2)NC(=O)C(C(C)C)NC(=O)C(NC(=O)N[C@@H](Cc2ccccc2)C(=O)O)CCCCNC1=O. The molecule has 0 bridgehead atoms. The minimum absolute atomic E-state index is 0.00269.